The van der Waals surface area contributed by atoms with Crippen LogP contribution in [-0.4, -0.2) is 14.2 Å². The molecule has 53 valence electrons. The Bertz CT molecular complexity index is 187. The molecule has 0 aliphatic heterocycles. The van der Waals surface area contributed by atoms with Crippen LogP contribution < -0.4 is 10.1 Å². The van der Waals surface area contributed by atoms with Crippen molar-refractivity contribution in [2.45, 2.75) is 0 Å². The van der Waals surface area contributed by atoms with Crippen molar-refractivity contribution in [2.75, 3.05) is 19.5 Å². The summed E-state index contributed by atoms with van der Waals surface area (Å²) in [4.78, 5) is 0. The van der Waals surface area contributed by atoms with Gasteiger partial charge in [-0.3, -0.25) is 0 Å². The second-order valence-electron chi connectivity index (χ2n) is 1.86. The molecule has 0 fully saturated rings. The van der Waals surface area contributed by atoms with Crippen molar-refractivity contribution in [3.05, 3.63) is 24.3 Å². The minimum atomic E-state index is 0.824. The Balaban J connectivity index is 2.96. The van der Waals surface area contributed by atoms with Crippen LogP contribution in [0, 0.1) is 6.07 Å². The Morgan fingerprint density at radius 1 is 1.60 bits per heavy atom. The van der Waals surface area contributed by atoms with Crippen LogP contribution in [0.15, 0.2) is 18.2 Å². The fraction of sp³-hybridized carbons (Fsp3) is 0.250. The van der Waals surface area contributed by atoms with Crippen molar-refractivity contribution >= 4 is 5.69 Å². The first kappa shape index (κ1) is 6.93. The smallest absolute Gasteiger partial charge is 0.142 e. The third-order valence-electron chi connectivity index (χ3n) is 1.29. The summed E-state index contributed by atoms with van der Waals surface area (Å²) in [6, 6.07) is 8.62. The monoisotopic (exact) mass is 136 g/mol. The second-order valence-corrected chi connectivity index (χ2v) is 1.86. The van der Waals surface area contributed by atoms with Crippen LogP contribution in [0.4, 0.5) is 5.69 Å². The number of hydrogen-bond acceptors (Lipinski definition) is 2. The lowest BCUT2D eigenvalue weighted by molar-refractivity contribution is 0.416. The number of methoxy groups -OCH3 is 1. The number of benzene rings is 1. The first-order valence-corrected chi connectivity index (χ1v) is 3.11. The van der Waals surface area contributed by atoms with Crippen LogP contribution in [0.25, 0.3) is 0 Å². The standard InChI is InChI=1S/C8H10NO/c1-9-7-5-3-4-6-8(7)10-2/h3-4,6,9H,1-2H3. The summed E-state index contributed by atoms with van der Waals surface area (Å²) < 4.78 is 5.04. The zero-order valence-corrected chi connectivity index (χ0v) is 6.14. The highest BCUT2D eigenvalue weighted by molar-refractivity contribution is 5.54. The number of anilines is 1. The molecule has 1 rings (SSSR count). The average Bonchev–Trinajstić information content (AvgIpc) is 2.04. The van der Waals surface area contributed by atoms with Gasteiger partial charge in [0.25, 0.3) is 0 Å². The molecule has 0 amide bonds. The molecular formula is C8H10NO. The van der Waals surface area contributed by atoms with Crippen LogP contribution in [0.1, 0.15) is 0 Å². The molecule has 0 aromatic heterocycles. The number of para-hydroxylation sites is 1. The van der Waals surface area contributed by atoms with Crippen LogP contribution in [-0.2, 0) is 0 Å². The Morgan fingerprint density at radius 3 is 2.90 bits per heavy atom. The number of hydrogen-bond donors (Lipinski definition) is 1. The van der Waals surface area contributed by atoms with Gasteiger partial charge in [-0.25, -0.2) is 0 Å². The lowest BCUT2D eigenvalue weighted by Gasteiger charge is -2.04. The van der Waals surface area contributed by atoms with E-state index in [1.165, 1.54) is 0 Å². The van der Waals surface area contributed by atoms with Gasteiger partial charge in [0.05, 0.1) is 12.8 Å². The van der Waals surface area contributed by atoms with Gasteiger partial charge in [0.2, 0.25) is 0 Å². The van der Waals surface area contributed by atoms with Gasteiger partial charge in [-0.05, 0) is 6.07 Å². The minimum absolute atomic E-state index is 0.824. The Hall–Kier alpha value is -1.18. The number of rotatable bonds is 2. The molecule has 0 bridgehead atoms. The van der Waals surface area contributed by atoms with E-state index >= 15 is 0 Å². The maximum atomic E-state index is 5.04. The molecule has 2 nitrogen and oxygen atoms in total. The molecular weight excluding hydrogens is 126 g/mol. The minimum Gasteiger partial charge on any atom is -0.495 e. The fourth-order valence-electron chi connectivity index (χ4n) is 0.787. The SMILES string of the molecule is CNc1[c]cccc1OC. The summed E-state index contributed by atoms with van der Waals surface area (Å²) in [5.74, 6) is 0.824. The Morgan fingerprint density at radius 2 is 2.40 bits per heavy atom. The number of nitrogens with one attached hydrogen (secondary N) is 1. The molecule has 1 aromatic carbocycles. The third-order valence-corrected chi connectivity index (χ3v) is 1.29. The van der Waals surface area contributed by atoms with E-state index in [1.54, 1.807) is 7.11 Å². The highest BCUT2D eigenvalue weighted by atomic mass is 16.5. The summed E-state index contributed by atoms with van der Waals surface area (Å²) in [7, 11) is 3.48. The topological polar surface area (TPSA) is 21.3 Å². The normalized spacial score (nSPS) is 9.00. The van der Waals surface area contributed by atoms with Crippen molar-refractivity contribution in [2.24, 2.45) is 0 Å². The predicted molar refractivity (Wildman–Crippen MR) is 41.4 cm³/mol. The van der Waals surface area contributed by atoms with E-state index in [4.69, 9.17) is 4.74 Å². The van der Waals surface area contributed by atoms with Gasteiger partial charge >= 0.3 is 0 Å². The van der Waals surface area contributed by atoms with Gasteiger partial charge < -0.3 is 10.1 Å². The fourth-order valence-corrected chi connectivity index (χ4v) is 0.787. The largest absolute Gasteiger partial charge is 0.495 e. The molecule has 1 radical (unpaired) electrons. The van der Waals surface area contributed by atoms with Crippen LogP contribution in [0.2, 0.25) is 0 Å². The van der Waals surface area contributed by atoms with E-state index in [9.17, 15) is 0 Å². The Kier molecular flexibility index (Phi) is 2.15. The molecule has 1 aromatic rings. The summed E-state index contributed by atoms with van der Waals surface area (Å²) in [5, 5.41) is 2.97. The quantitative estimate of drug-likeness (QED) is 0.665. The highest BCUT2D eigenvalue weighted by Crippen LogP contribution is 2.20. The zero-order chi connectivity index (χ0) is 7.40. The van der Waals surface area contributed by atoms with Crippen LogP contribution >= 0.6 is 0 Å². The maximum Gasteiger partial charge on any atom is 0.142 e. The molecule has 0 heterocycles. The molecule has 0 atom stereocenters. The molecule has 0 saturated heterocycles. The van der Waals surface area contributed by atoms with Crippen LogP contribution in [0.3, 0.4) is 0 Å². The van der Waals surface area contributed by atoms with E-state index < -0.39 is 0 Å². The molecule has 0 aliphatic carbocycles. The van der Waals surface area contributed by atoms with Crippen molar-refractivity contribution < 1.29 is 4.74 Å². The van der Waals surface area contributed by atoms with E-state index in [-0.39, 0.29) is 0 Å². The van der Waals surface area contributed by atoms with Gasteiger partial charge in [-0.15, -0.1) is 0 Å². The van der Waals surface area contributed by atoms with Crippen molar-refractivity contribution in [3.63, 3.8) is 0 Å². The third kappa shape index (κ3) is 1.21. The van der Waals surface area contributed by atoms with E-state index in [0.717, 1.165) is 11.4 Å². The molecule has 0 spiro atoms. The Labute approximate surface area is 60.8 Å². The lowest BCUT2D eigenvalue weighted by atomic mass is 10.3. The highest BCUT2D eigenvalue weighted by Gasteiger charge is 1.95. The first-order valence-electron chi connectivity index (χ1n) is 3.11. The molecule has 0 saturated carbocycles. The molecule has 0 aliphatic rings. The van der Waals surface area contributed by atoms with Gasteiger partial charge in [0, 0.05) is 13.1 Å². The summed E-state index contributed by atoms with van der Waals surface area (Å²) in [5.41, 5.74) is 0.894. The van der Waals surface area contributed by atoms with Gasteiger partial charge in [0.1, 0.15) is 5.75 Å². The van der Waals surface area contributed by atoms with Gasteiger partial charge in [-0.2, -0.15) is 0 Å². The predicted octanol–water partition coefficient (Wildman–Crippen LogP) is 1.54. The first-order chi connectivity index (χ1) is 4.88. The van der Waals surface area contributed by atoms with E-state index in [2.05, 4.69) is 11.4 Å². The van der Waals surface area contributed by atoms with Gasteiger partial charge in [-0.1, -0.05) is 12.1 Å². The molecule has 2 heteroatoms. The summed E-state index contributed by atoms with van der Waals surface area (Å²) in [6.45, 7) is 0. The number of ether oxygens (including phenoxy) is 1. The molecule has 1 N–H and O–H groups in total. The summed E-state index contributed by atoms with van der Waals surface area (Å²) >= 11 is 0. The van der Waals surface area contributed by atoms with Gasteiger partial charge in [0.15, 0.2) is 0 Å². The zero-order valence-electron chi connectivity index (χ0n) is 6.14. The summed E-state index contributed by atoms with van der Waals surface area (Å²) in [6.07, 6.45) is 0. The van der Waals surface area contributed by atoms with E-state index in [0.29, 0.717) is 0 Å². The molecule has 10 heavy (non-hydrogen) atoms. The maximum absolute atomic E-state index is 5.04. The van der Waals surface area contributed by atoms with Crippen LogP contribution in [0.5, 0.6) is 5.75 Å². The van der Waals surface area contributed by atoms with Crippen molar-refractivity contribution in [1.29, 1.82) is 0 Å². The molecule has 0 unspecified atom stereocenters. The second kappa shape index (κ2) is 3.11. The lowest BCUT2D eigenvalue weighted by Crippen LogP contribution is -1.92. The van der Waals surface area contributed by atoms with E-state index in [1.807, 2.05) is 25.2 Å². The van der Waals surface area contributed by atoms with Crippen molar-refractivity contribution in [3.8, 4) is 5.75 Å². The average molecular weight is 136 g/mol. The van der Waals surface area contributed by atoms with Crippen molar-refractivity contribution in [1.82, 2.24) is 0 Å².